The molecule has 1 aromatic rings. The summed E-state index contributed by atoms with van der Waals surface area (Å²) in [5.74, 6) is 0. The molecule has 1 atom stereocenters. The van der Waals surface area contributed by atoms with Gasteiger partial charge in [-0.25, -0.2) is 0 Å². The van der Waals surface area contributed by atoms with Crippen molar-refractivity contribution in [3.8, 4) is 0 Å². The summed E-state index contributed by atoms with van der Waals surface area (Å²) in [7, 11) is 1.70. The van der Waals surface area contributed by atoms with Crippen molar-refractivity contribution in [2.45, 2.75) is 39.2 Å². The molecule has 0 bridgehead atoms. The van der Waals surface area contributed by atoms with Gasteiger partial charge >= 0.3 is 0 Å². The van der Waals surface area contributed by atoms with Crippen LogP contribution in [0, 0.1) is 0 Å². The van der Waals surface area contributed by atoms with Crippen LogP contribution in [0.1, 0.15) is 43.9 Å². The average Bonchev–Trinajstić information content (AvgIpc) is 2.48. The van der Waals surface area contributed by atoms with Crippen LogP contribution in [0.4, 0.5) is 0 Å². The molecule has 1 unspecified atom stereocenters. The quantitative estimate of drug-likeness (QED) is 0.630. The number of hydrogen-bond acceptors (Lipinski definition) is 3. The van der Waals surface area contributed by atoms with Gasteiger partial charge in [0.2, 0.25) is 0 Å². The Hall–Kier alpha value is -0.900. The molecule has 0 radical (unpaired) electrons. The van der Waals surface area contributed by atoms with Gasteiger partial charge in [-0.2, -0.15) is 0 Å². The molecule has 0 saturated heterocycles. The highest BCUT2D eigenvalue weighted by Gasteiger charge is 2.10. The molecular formula is C17H29NO2. The summed E-state index contributed by atoms with van der Waals surface area (Å²) in [5, 5.41) is 3.55. The van der Waals surface area contributed by atoms with Crippen LogP contribution in [0.3, 0.4) is 0 Å². The smallest absolute Gasteiger partial charge is 0.0701 e. The van der Waals surface area contributed by atoms with E-state index < -0.39 is 0 Å². The number of ether oxygens (including phenoxy) is 2. The van der Waals surface area contributed by atoms with E-state index in [1.807, 2.05) is 0 Å². The molecule has 1 N–H and O–H groups in total. The minimum atomic E-state index is 0.266. The first-order valence-electron chi connectivity index (χ1n) is 7.70. The van der Waals surface area contributed by atoms with Crippen molar-refractivity contribution in [3.63, 3.8) is 0 Å². The van der Waals surface area contributed by atoms with E-state index in [9.17, 15) is 0 Å². The summed E-state index contributed by atoms with van der Waals surface area (Å²) in [5.41, 5.74) is 2.71. The molecule has 0 heterocycles. The molecule has 20 heavy (non-hydrogen) atoms. The molecule has 0 aliphatic rings. The third kappa shape index (κ3) is 6.51. The zero-order valence-corrected chi connectivity index (χ0v) is 13.2. The fourth-order valence-electron chi connectivity index (χ4n) is 2.14. The normalized spacial score (nSPS) is 12.6. The Labute approximate surface area is 123 Å². The number of hydrogen-bond donors (Lipinski definition) is 1. The lowest BCUT2D eigenvalue weighted by Crippen LogP contribution is -2.27. The Bertz CT molecular complexity index is 337. The first kappa shape index (κ1) is 17.2. The van der Waals surface area contributed by atoms with Gasteiger partial charge in [0.15, 0.2) is 0 Å². The molecule has 114 valence electrons. The number of aryl methyl sites for hydroxylation is 1. The second-order valence-corrected chi connectivity index (χ2v) is 5.07. The van der Waals surface area contributed by atoms with Gasteiger partial charge in [0, 0.05) is 7.11 Å². The highest BCUT2D eigenvalue weighted by molar-refractivity contribution is 5.25. The van der Waals surface area contributed by atoms with Gasteiger partial charge in [-0.15, -0.1) is 0 Å². The highest BCUT2D eigenvalue weighted by atomic mass is 16.5. The predicted molar refractivity (Wildman–Crippen MR) is 84.2 cm³/mol. The van der Waals surface area contributed by atoms with Crippen molar-refractivity contribution < 1.29 is 9.47 Å². The SMILES string of the molecule is CCCNC(COCCOC)c1ccc(CCC)cc1. The van der Waals surface area contributed by atoms with Crippen molar-refractivity contribution in [2.75, 3.05) is 33.5 Å². The fourth-order valence-corrected chi connectivity index (χ4v) is 2.14. The van der Waals surface area contributed by atoms with Gasteiger partial charge in [0.1, 0.15) is 0 Å². The molecule has 0 aromatic heterocycles. The summed E-state index contributed by atoms with van der Waals surface area (Å²) in [6, 6.07) is 9.17. The van der Waals surface area contributed by atoms with Crippen LogP contribution in [0.25, 0.3) is 0 Å². The number of rotatable bonds is 11. The van der Waals surface area contributed by atoms with Gasteiger partial charge in [0.25, 0.3) is 0 Å². The standard InChI is InChI=1S/C17H29NO2/c1-4-6-15-7-9-16(10-8-15)17(18-11-5-2)14-20-13-12-19-3/h7-10,17-18H,4-6,11-14H2,1-3H3. The van der Waals surface area contributed by atoms with E-state index in [2.05, 4.69) is 43.4 Å². The number of methoxy groups -OCH3 is 1. The molecule has 3 nitrogen and oxygen atoms in total. The van der Waals surface area contributed by atoms with E-state index in [0.717, 1.165) is 19.4 Å². The minimum Gasteiger partial charge on any atom is -0.382 e. The molecule has 0 amide bonds. The predicted octanol–water partition coefficient (Wildman–Crippen LogP) is 3.34. The van der Waals surface area contributed by atoms with E-state index in [1.54, 1.807) is 7.11 Å². The molecule has 0 aliphatic carbocycles. The Balaban J connectivity index is 2.56. The molecule has 1 rings (SSSR count). The third-order valence-corrected chi connectivity index (χ3v) is 3.28. The molecule has 0 spiro atoms. The van der Waals surface area contributed by atoms with Crippen LogP contribution in [0.15, 0.2) is 24.3 Å². The minimum absolute atomic E-state index is 0.266. The monoisotopic (exact) mass is 279 g/mol. The summed E-state index contributed by atoms with van der Waals surface area (Å²) in [6.45, 7) is 7.39. The van der Waals surface area contributed by atoms with Crippen LogP contribution in [-0.4, -0.2) is 33.5 Å². The second kappa shape index (κ2) is 10.8. The zero-order valence-electron chi connectivity index (χ0n) is 13.2. The molecule has 1 aromatic carbocycles. The van der Waals surface area contributed by atoms with Gasteiger partial charge in [-0.05, 0) is 30.5 Å². The Morgan fingerprint density at radius 1 is 1.05 bits per heavy atom. The van der Waals surface area contributed by atoms with E-state index in [4.69, 9.17) is 9.47 Å². The summed E-state index contributed by atoms with van der Waals surface area (Å²) < 4.78 is 10.7. The third-order valence-electron chi connectivity index (χ3n) is 3.28. The molecular weight excluding hydrogens is 250 g/mol. The summed E-state index contributed by atoms with van der Waals surface area (Å²) in [4.78, 5) is 0. The Kier molecular flexibility index (Phi) is 9.29. The maximum atomic E-state index is 5.68. The van der Waals surface area contributed by atoms with Gasteiger partial charge in [0.05, 0.1) is 25.9 Å². The molecule has 3 heteroatoms. The van der Waals surface area contributed by atoms with Crippen molar-refractivity contribution in [3.05, 3.63) is 35.4 Å². The Morgan fingerprint density at radius 2 is 1.80 bits per heavy atom. The van der Waals surface area contributed by atoms with Crippen molar-refractivity contribution in [2.24, 2.45) is 0 Å². The van der Waals surface area contributed by atoms with Crippen molar-refractivity contribution >= 4 is 0 Å². The van der Waals surface area contributed by atoms with E-state index in [0.29, 0.717) is 19.8 Å². The largest absolute Gasteiger partial charge is 0.382 e. The maximum absolute atomic E-state index is 5.68. The van der Waals surface area contributed by atoms with E-state index in [1.165, 1.54) is 17.5 Å². The van der Waals surface area contributed by atoms with E-state index >= 15 is 0 Å². The maximum Gasteiger partial charge on any atom is 0.0701 e. The zero-order chi connectivity index (χ0) is 14.6. The molecule has 0 saturated carbocycles. The summed E-state index contributed by atoms with van der Waals surface area (Å²) in [6.07, 6.45) is 3.47. The van der Waals surface area contributed by atoms with Gasteiger partial charge in [-0.1, -0.05) is 44.5 Å². The van der Waals surface area contributed by atoms with E-state index in [-0.39, 0.29) is 6.04 Å². The average molecular weight is 279 g/mol. The highest BCUT2D eigenvalue weighted by Crippen LogP contribution is 2.15. The van der Waals surface area contributed by atoms with Crippen molar-refractivity contribution in [1.82, 2.24) is 5.32 Å². The van der Waals surface area contributed by atoms with Crippen LogP contribution in [-0.2, 0) is 15.9 Å². The first-order chi connectivity index (χ1) is 9.81. The summed E-state index contributed by atoms with van der Waals surface area (Å²) >= 11 is 0. The van der Waals surface area contributed by atoms with Crippen LogP contribution in [0.5, 0.6) is 0 Å². The number of benzene rings is 1. The topological polar surface area (TPSA) is 30.5 Å². The van der Waals surface area contributed by atoms with Crippen molar-refractivity contribution in [1.29, 1.82) is 0 Å². The number of nitrogens with one attached hydrogen (secondary N) is 1. The van der Waals surface area contributed by atoms with Gasteiger partial charge in [-0.3, -0.25) is 0 Å². The second-order valence-electron chi connectivity index (χ2n) is 5.07. The lowest BCUT2D eigenvalue weighted by atomic mass is 10.0. The molecule has 0 fully saturated rings. The Morgan fingerprint density at radius 3 is 2.40 bits per heavy atom. The lowest BCUT2D eigenvalue weighted by molar-refractivity contribution is 0.0586. The van der Waals surface area contributed by atoms with Crippen LogP contribution in [0.2, 0.25) is 0 Å². The molecule has 0 aliphatic heterocycles. The van der Waals surface area contributed by atoms with Gasteiger partial charge < -0.3 is 14.8 Å². The van der Waals surface area contributed by atoms with Crippen LogP contribution >= 0.6 is 0 Å². The van der Waals surface area contributed by atoms with Crippen LogP contribution < -0.4 is 5.32 Å². The lowest BCUT2D eigenvalue weighted by Gasteiger charge is -2.19. The first-order valence-corrected chi connectivity index (χ1v) is 7.70. The fraction of sp³-hybridized carbons (Fsp3) is 0.647.